The highest BCUT2D eigenvalue weighted by molar-refractivity contribution is 9.10. The maximum absolute atomic E-state index is 5.60. The zero-order valence-corrected chi connectivity index (χ0v) is 9.73. The molecule has 0 fully saturated rings. The predicted molar refractivity (Wildman–Crippen MR) is 59.1 cm³/mol. The second-order valence-electron chi connectivity index (χ2n) is 2.59. The molecule has 4 nitrogen and oxygen atoms in total. The van der Waals surface area contributed by atoms with Crippen LogP contribution < -0.4 is 4.74 Å². The summed E-state index contributed by atoms with van der Waals surface area (Å²) in [5.41, 5.74) is 0. The molecule has 76 valence electrons. The highest BCUT2D eigenvalue weighted by atomic mass is 79.9. The topological polar surface area (TPSA) is 47.9 Å². The molecule has 0 atom stereocenters. The number of aromatic nitrogens is 3. The van der Waals surface area contributed by atoms with E-state index in [-0.39, 0.29) is 0 Å². The number of hydrogen-bond acceptors (Lipinski definition) is 4. The summed E-state index contributed by atoms with van der Waals surface area (Å²) in [6, 6.07) is 6.78. The smallest absolute Gasteiger partial charge is 0.239 e. The van der Waals surface area contributed by atoms with Crippen molar-refractivity contribution in [2.45, 2.75) is 0 Å². The van der Waals surface area contributed by atoms with Crippen molar-refractivity contribution < 1.29 is 4.74 Å². The van der Waals surface area contributed by atoms with Crippen LogP contribution in [0.25, 0.3) is 0 Å². The maximum atomic E-state index is 5.60. The Kier molecular flexibility index (Phi) is 3.13. The number of nitrogens with zero attached hydrogens (tertiary/aromatic N) is 3. The Morgan fingerprint density at radius 2 is 2.07 bits per heavy atom. The summed E-state index contributed by atoms with van der Waals surface area (Å²) in [4.78, 5) is 4.01. The van der Waals surface area contributed by atoms with Crippen LogP contribution in [-0.4, -0.2) is 15.2 Å². The van der Waals surface area contributed by atoms with E-state index in [0.29, 0.717) is 21.4 Å². The van der Waals surface area contributed by atoms with Gasteiger partial charge in [-0.3, -0.25) is 0 Å². The number of hydrogen-bond donors (Lipinski definition) is 0. The van der Waals surface area contributed by atoms with Crippen molar-refractivity contribution in [3.05, 3.63) is 40.2 Å². The maximum Gasteiger partial charge on any atom is 0.239 e. The number of ether oxygens (including phenoxy) is 1. The zero-order chi connectivity index (χ0) is 10.7. The van der Waals surface area contributed by atoms with Crippen LogP contribution in [0.1, 0.15) is 0 Å². The van der Waals surface area contributed by atoms with Gasteiger partial charge in [0.1, 0.15) is 4.60 Å². The first-order chi connectivity index (χ1) is 7.25. The van der Waals surface area contributed by atoms with Crippen LogP contribution in [-0.2, 0) is 0 Å². The fraction of sp³-hybridized carbons (Fsp3) is 0. The minimum Gasteiger partial charge on any atom is -0.435 e. The Bertz CT molecular complexity index is 463. The van der Waals surface area contributed by atoms with E-state index >= 15 is 0 Å². The molecular weight excluding hydrogens is 281 g/mol. The van der Waals surface area contributed by atoms with E-state index in [1.54, 1.807) is 30.5 Å². The lowest BCUT2D eigenvalue weighted by Crippen LogP contribution is -1.91. The molecule has 0 saturated heterocycles. The molecule has 0 aliphatic rings. The Morgan fingerprint density at radius 1 is 1.20 bits per heavy atom. The van der Waals surface area contributed by atoms with Crippen LogP contribution in [0.15, 0.2) is 35.1 Å². The second kappa shape index (κ2) is 4.55. The lowest BCUT2D eigenvalue weighted by atomic mass is 10.4. The Morgan fingerprint density at radius 3 is 2.73 bits per heavy atom. The SMILES string of the molecule is Clc1ccc(Oc2cccnc2Br)nn1. The van der Waals surface area contributed by atoms with Gasteiger partial charge in [-0.2, -0.15) is 0 Å². The third-order valence-corrected chi connectivity index (χ3v) is 2.34. The largest absolute Gasteiger partial charge is 0.435 e. The molecule has 0 aromatic carbocycles. The molecule has 0 unspecified atom stereocenters. The average molecular weight is 287 g/mol. The minimum atomic E-state index is 0.326. The van der Waals surface area contributed by atoms with E-state index in [4.69, 9.17) is 16.3 Å². The van der Waals surface area contributed by atoms with E-state index in [9.17, 15) is 0 Å². The van der Waals surface area contributed by atoms with Crippen molar-refractivity contribution in [3.63, 3.8) is 0 Å². The first-order valence-corrected chi connectivity index (χ1v) is 5.20. The van der Waals surface area contributed by atoms with E-state index in [1.807, 2.05) is 0 Å². The molecule has 2 rings (SSSR count). The third kappa shape index (κ3) is 2.64. The quantitative estimate of drug-likeness (QED) is 0.796. The molecular formula is C9H5BrClN3O. The Balaban J connectivity index is 2.22. The molecule has 0 bridgehead atoms. The van der Waals surface area contributed by atoms with Crippen LogP contribution in [0.2, 0.25) is 5.15 Å². The molecule has 0 spiro atoms. The van der Waals surface area contributed by atoms with Crippen molar-refractivity contribution in [2.75, 3.05) is 0 Å². The summed E-state index contributed by atoms with van der Waals surface area (Å²) in [5, 5.41) is 7.75. The number of rotatable bonds is 2. The monoisotopic (exact) mass is 285 g/mol. The fourth-order valence-corrected chi connectivity index (χ4v) is 1.35. The van der Waals surface area contributed by atoms with Crippen molar-refractivity contribution in [2.24, 2.45) is 0 Å². The Hall–Kier alpha value is -1.20. The van der Waals surface area contributed by atoms with E-state index in [1.165, 1.54) is 0 Å². The molecule has 0 amide bonds. The molecule has 2 aromatic heterocycles. The molecule has 2 aromatic rings. The Labute approximate surface area is 99.4 Å². The van der Waals surface area contributed by atoms with Gasteiger partial charge < -0.3 is 4.74 Å². The highest BCUT2D eigenvalue weighted by Gasteiger charge is 2.03. The van der Waals surface area contributed by atoms with Gasteiger partial charge in [-0.05, 0) is 34.1 Å². The van der Waals surface area contributed by atoms with Gasteiger partial charge in [-0.15, -0.1) is 10.2 Å². The summed E-state index contributed by atoms with van der Waals surface area (Å²) in [6.07, 6.45) is 1.66. The lowest BCUT2D eigenvalue weighted by molar-refractivity contribution is 0.450. The van der Waals surface area contributed by atoms with Crippen LogP contribution >= 0.6 is 27.5 Å². The summed E-state index contributed by atoms with van der Waals surface area (Å²) in [7, 11) is 0. The van der Waals surface area contributed by atoms with Gasteiger partial charge in [0.2, 0.25) is 5.88 Å². The first kappa shape index (κ1) is 10.3. The van der Waals surface area contributed by atoms with Crippen LogP contribution in [0.3, 0.4) is 0 Å². The van der Waals surface area contributed by atoms with Gasteiger partial charge in [-0.25, -0.2) is 4.98 Å². The first-order valence-electron chi connectivity index (χ1n) is 4.03. The fourth-order valence-electron chi connectivity index (χ4n) is 0.918. The van der Waals surface area contributed by atoms with E-state index in [0.717, 1.165) is 0 Å². The summed E-state index contributed by atoms with van der Waals surface area (Å²) in [5.74, 6) is 0.947. The van der Waals surface area contributed by atoms with Gasteiger partial charge in [0, 0.05) is 12.3 Å². The van der Waals surface area contributed by atoms with Crippen molar-refractivity contribution in [3.8, 4) is 11.6 Å². The molecule has 0 aliphatic carbocycles. The van der Waals surface area contributed by atoms with Crippen LogP contribution in [0.4, 0.5) is 0 Å². The highest BCUT2D eigenvalue weighted by Crippen LogP contribution is 2.25. The van der Waals surface area contributed by atoms with Gasteiger partial charge >= 0.3 is 0 Å². The molecule has 2 heterocycles. The average Bonchev–Trinajstić information content (AvgIpc) is 2.25. The minimum absolute atomic E-state index is 0.326. The standard InChI is InChI=1S/C9H5BrClN3O/c10-9-6(2-1-5-12-9)15-8-4-3-7(11)13-14-8/h1-5H. The molecule has 0 radical (unpaired) electrons. The number of halogens is 2. The zero-order valence-electron chi connectivity index (χ0n) is 7.39. The van der Waals surface area contributed by atoms with Crippen LogP contribution in [0.5, 0.6) is 11.6 Å². The number of pyridine rings is 1. The van der Waals surface area contributed by atoms with Crippen molar-refractivity contribution >= 4 is 27.5 Å². The predicted octanol–water partition coefficient (Wildman–Crippen LogP) is 3.08. The normalized spacial score (nSPS) is 10.0. The van der Waals surface area contributed by atoms with Gasteiger partial charge in [-0.1, -0.05) is 11.6 Å². The van der Waals surface area contributed by atoms with E-state index < -0.39 is 0 Å². The molecule has 6 heteroatoms. The summed E-state index contributed by atoms with van der Waals surface area (Å²) >= 11 is 8.85. The van der Waals surface area contributed by atoms with Crippen molar-refractivity contribution in [1.82, 2.24) is 15.2 Å². The van der Waals surface area contributed by atoms with E-state index in [2.05, 4.69) is 31.1 Å². The van der Waals surface area contributed by atoms with Gasteiger partial charge in [0.15, 0.2) is 10.9 Å². The van der Waals surface area contributed by atoms with Crippen LogP contribution in [0, 0.1) is 0 Å². The van der Waals surface area contributed by atoms with Gasteiger partial charge in [0.25, 0.3) is 0 Å². The van der Waals surface area contributed by atoms with Gasteiger partial charge in [0.05, 0.1) is 0 Å². The lowest BCUT2D eigenvalue weighted by Gasteiger charge is -2.04. The molecule has 0 N–H and O–H groups in total. The third-order valence-electron chi connectivity index (χ3n) is 1.55. The summed E-state index contributed by atoms with van der Waals surface area (Å²) in [6.45, 7) is 0. The second-order valence-corrected chi connectivity index (χ2v) is 3.73. The molecule has 0 aliphatic heterocycles. The van der Waals surface area contributed by atoms with Crippen molar-refractivity contribution in [1.29, 1.82) is 0 Å². The summed E-state index contributed by atoms with van der Waals surface area (Å²) < 4.78 is 6.04. The molecule has 15 heavy (non-hydrogen) atoms. The molecule has 0 saturated carbocycles.